The van der Waals surface area contributed by atoms with Crippen LogP contribution in [-0.4, -0.2) is 41.5 Å². The Morgan fingerprint density at radius 3 is 2.55 bits per heavy atom. The molecule has 0 N–H and O–H groups in total. The van der Waals surface area contributed by atoms with E-state index in [0.717, 1.165) is 22.6 Å². The van der Waals surface area contributed by atoms with Gasteiger partial charge in [0, 0.05) is 19.2 Å². The van der Waals surface area contributed by atoms with Gasteiger partial charge in [0.25, 0.3) is 5.91 Å². The molecule has 0 saturated carbocycles. The van der Waals surface area contributed by atoms with Crippen LogP contribution < -0.4 is 4.74 Å². The zero-order chi connectivity index (χ0) is 21.8. The number of rotatable bonds is 7. The smallest absolute Gasteiger partial charge is 0.253 e. The summed E-state index contributed by atoms with van der Waals surface area (Å²) in [5.41, 5.74) is 2.64. The molecule has 4 rings (SSSR count). The molecular weight excluding hydrogens is 412 g/mol. The summed E-state index contributed by atoms with van der Waals surface area (Å²) >= 11 is 1.59. The predicted octanol–water partition coefficient (Wildman–Crippen LogP) is 4.33. The fraction of sp³-hybridized carbons (Fsp3) is 0.250. The van der Waals surface area contributed by atoms with E-state index in [4.69, 9.17) is 9.15 Å². The van der Waals surface area contributed by atoms with Crippen molar-refractivity contribution in [1.29, 1.82) is 0 Å². The average molecular weight is 437 g/mol. The lowest BCUT2D eigenvalue weighted by Gasteiger charge is -2.23. The average Bonchev–Trinajstić information content (AvgIpc) is 3.44. The van der Waals surface area contributed by atoms with Gasteiger partial charge in [0.2, 0.25) is 5.91 Å². The van der Waals surface area contributed by atoms with Gasteiger partial charge in [-0.2, -0.15) is 0 Å². The molecule has 7 heteroatoms. The van der Waals surface area contributed by atoms with Crippen molar-refractivity contribution in [2.75, 3.05) is 19.9 Å². The molecule has 0 radical (unpaired) electrons. The van der Waals surface area contributed by atoms with E-state index in [-0.39, 0.29) is 17.2 Å². The Hall–Kier alpha value is -3.19. The normalized spacial score (nSPS) is 15.9. The zero-order valence-electron chi connectivity index (χ0n) is 17.5. The number of carbonyl (C=O) groups is 2. The van der Waals surface area contributed by atoms with E-state index < -0.39 is 0 Å². The lowest BCUT2D eigenvalue weighted by atomic mass is 10.1. The van der Waals surface area contributed by atoms with E-state index >= 15 is 0 Å². The van der Waals surface area contributed by atoms with Gasteiger partial charge in [-0.05, 0) is 47.5 Å². The SMILES string of the molecule is COc1ccc(CN(C)C(=O)c2ccc([C@@H]3SCC(=O)N3Cc3ccco3)cc2)cc1. The first-order chi connectivity index (χ1) is 15.0. The third-order valence-corrected chi connectivity index (χ3v) is 6.50. The Bertz CT molecular complexity index is 1030. The largest absolute Gasteiger partial charge is 0.497 e. The lowest BCUT2D eigenvalue weighted by Crippen LogP contribution is -2.28. The maximum absolute atomic E-state index is 12.9. The highest BCUT2D eigenvalue weighted by Gasteiger charge is 2.33. The van der Waals surface area contributed by atoms with Crippen LogP contribution in [0.5, 0.6) is 5.75 Å². The zero-order valence-corrected chi connectivity index (χ0v) is 18.3. The van der Waals surface area contributed by atoms with Crippen LogP contribution in [0.2, 0.25) is 0 Å². The summed E-state index contributed by atoms with van der Waals surface area (Å²) in [6.07, 6.45) is 1.61. The minimum Gasteiger partial charge on any atom is -0.497 e. The number of benzene rings is 2. The number of nitrogens with zero attached hydrogens (tertiary/aromatic N) is 2. The van der Waals surface area contributed by atoms with Crippen molar-refractivity contribution in [2.45, 2.75) is 18.5 Å². The van der Waals surface area contributed by atoms with Crippen molar-refractivity contribution in [3.63, 3.8) is 0 Å². The number of thioether (sulfide) groups is 1. The second-order valence-corrected chi connectivity index (χ2v) is 8.46. The van der Waals surface area contributed by atoms with Crippen LogP contribution in [0.1, 0.15) is 32.6 Å². The van der Waals surface area contributed by atoms with Gasteiger partial charge < -0.3 is 19.0 Å². The Balaban J connectivity index is 1.42. The van der Waals surface area contributed by atoms with Gasteiger partial charge in [0.05, 0.1) is 25.7 Å². The van der Waals surface area contributed by atoms with Crippen LogP contribution in [0.4, 0.5) is 0 Å². The summed E-state index contributed by atoms with van der Waals surface area (Å²) in [5, 5.41) is -0.0845. The fourth-order valence-corrected chi connectivity index (χ4v) is 4.75. The van der Waals surface area contributed by atoms with Crippen molar-refractivity contribution in [2.24, 2.45) is 0 Å². The van der Waals surface area contributed by atoms with E-state index in [1.807, 2.05) is 65.6 Å². The van der Waals surface area contributed by atoms with E-state index in [1.54, 1.807) is 37.1 Å². The van der Waals surface area contributed by atoms with Gasteiger partial charge in [-0.3, -0.25) is 9.59 Å². The molecule has 0 spiro atoms. The molecule has 0 bridgehead atoms. The van der Waals surface area contributed by atoms with Crippen molar-refractivity contribution in [3.8, 4) is 5.75 Å². The molecule has 1 aromatic heterocycles. The minimum atomic E-state index is -0.0845. The first-order valence-corrected chi connectivity index (χ1v) is 11.0. The van der Waals surface area contributed by atoms with E-state index in [9.17, 15) is 9.59 Å². The number of amides is 2. The Morgan fingerprint density at radius 2 is 1.90 bits per heavy atom. The molecule has 2 aromatic carbocycles. The van der Waals surface area contributed by atoms with Gasteiger partial charge in [-0.25, -0.2) is 0 Å². The lowest BCUT2D eigenvalue weighted by molar-refractivity contribution is -0.128. The van der Waals surface area contributed by atoms with Gasteiger partial charge in [-0.15, -0.1) is 11.8 Å². The number of hydrogen-bond acceptors (Lipinski definition) is 5. The van der Waals surface area contributed by atoms with Crippen molar-refractivity contribution < 1.29 is 18.7 Å². The topological polar surface area (TPSA) is 63.0 Å². The third-order valence-electron chi connectivity index (χ3n) is 5.24. The van der Waals surface area contributed by atoms with Crippen LogP contribution in [0.15, 0.2) is 71.3 Å². The first kappa shape index (κ1) is 21.1. The number of carbonyl (C=O) groups excluding carboxylic acids is 2. The summed E-state index contributed by atoms with van der Waals surface area (Å²) in [6, 6.07) is 18.9. The highest BCUT2D eigenvalue weighted by molar-refractivity contribution is 8.00. The van der Waals surface area contributed by atoms with Gasteiger partial charge in [0.15, 0.2) is 0 Å². The molecule has 3 aromatic rings. The molecular formula is C24H24N2O4S. The number of methoxy groups -OCH3 is 1. The molecule has 1 aliphatic rings. The Morgan fingerprint density at radius 1 is 1.16 bits per heavy atom. The molecule has 31 heavy (non-hydrogen) atoms. The second kappa shape index (κ2) is 9.31. The van der Waals surface area contributed by atoms with Crippen molar-refractivity contribution in [1.82, 2.24) is 9.80 Å². The molecule has 0 unspecified atom stereocenters. The molecule has 1 fully saturated rings. The summed E-state index contributed by atoms with van der Waals surface area (Å²) in [5.74, 6) is 2.03. The molecule has 6 nitrogen and oxygen atoms in total. The molecule has 1 aliphatic heterocycles. The summed E-state index contributed by atoms with van der Waals surface area (Å²) in [4.78, 5) is 28.7. The van der Waals surface area contributed by atoms with Crippen LogP contribution >= 0.6 is 11.8 Å². The quantitative estimate of drug-likeness (QED) is 0.552. The number of hydrogen-bond donors (Lipinski definition) is 0. The molecule has 2 heterocycles. The van der Waals surface area contributed by atoms with E-state index in [2.05, 4.69) is 0 Å². The van der Waals surface area contributed by atoms with Gasteiger partial charge >= 0.3 is 0 Å². The second-order valence-electron chi connectivity index (χ2n) is 7.40. The third kappa shape index (κ3) is 4.77. The minimum absolute atomic E-state index is 0.0510. The van der Waals surface area contributed by atoms with E-state index in [1.165, 1.54) is 0 Å². The van der Waals surface area contributed by atoms with Crippen LogP contribution in [-0.2, 0) is 17.9 Å². The van der Waals surface area contributed by atoms with Crippen LogP contribution in [0.3, 0.4) is 0 Å². The van der Waals surface area contributed by atoms with Crippen molar-refractivity contribution in [3.05, 3.63) is 89.4 Å². The first-order valence-electron chi connectivity index (χ1n) is 9.97. The maximum Gasteiger partial charge on any atom is 0.253 e. The molecule has 2 amide bonds. The predicted molar refractivity (Wildman–Crippen MR) is 120 cm³/mol. The highest BCUT2D eigenvalue weighted by Crippen LogP contribution is 2.39. The molecule has 0 aliphatic carbocycles. The maximum atomic E-state index is 12.9. The van der Waals surface area contributed by atoms with Gasteiger partial charge in [-0.1, -0.05) is 24.3 Å². The Kier molecular flexibility index (Phi) is 6.32. The van der Waals surface area contributed by atoms with Crippen LogP contribution in [0.25, 0.3) is 0 Å². The fourth-order valence-electron chi connectivity index (χ4n) is 3.56. The monoisotopic (exact) mass is 436 g/mol. The van der Waals surface area contributed by atoms with E-state index in [0.29, 0.717) is 24.4 Å². The molecule has 1 saturated heterocycles. The summed E-state index contributed by atoms with van der Waals surface area (Å²) < 4.78 is 10.6. The summed E-state index contributed by atoms with van der Waals surface area (Å²) in [6.45, 7) is 0.948. The number of ether oxygens (including phenoxy) is 1. The highest BCUT2D eigenvalue weighted by atomic mass is 32.2. The van der Waals surface area contributed by atoms with Gasteiger partial charge in [0.1, 0.15) is 16.9 Å². The van der Waals surface area contributed by atoms with Crippen LogP contribution in [0, 0.1) is 0 Å². The standard InChI is InChI=1S/C24H24N2O4S/c1-25(14-17-5-11-20(29-2)12-6-17)23(28)18-7-9-19(10-8-18)24-26(22(27)16-31-24)15-21-4-3-13-30-21/h3-13,24H,14-16H2,1-2H3/t24-/m0/s1. The molecule has 1 atom stereocenters. The summed E-state index contributed by atoms with van der Waals surface area (Å²) in [7, 11) is 3.42. The molecule has 160 valence electrons. The number of furan rings is 1. The van der Waals surface area contributed by atoms with Crippen molar-refractivity contribution >= 4 is 23.6 Å². The Labute approximate surface area is 185 Å².